The molecule has 1 aliphatic heterocycles. The van der Waals surface area contributed by atoms with Crippen molar-refractivity contribution in [3.63, 3.8) is 0 Å². The Morgan fingerprint density at radius 1 is 1.47 bits per heavy atom. The van der Waals surface area contributed by atoms with Gasteiger partial charge in [-0.1, -0.05) is 25.4 Å². The minimum Gasteiger partial charge on any atom is -0.377 e. The maximum atomic E-state index is 6.00. The van der Waals surface area contributed by atoms with Crippen LogP contribution in [-0.4, -0.2) is 30.2 Å². The molecule has 1 aromatic heterocycles. The summed E-state index contributed by atoms with van der Waals surface area (Å²) in [7, 11) is 1.63. The first-order valence-electron chi connectivity index (χ1n) is 5.77. The molecule has 0 aromatic carbocycles. The highest BCUT2D eigenvalue weighted by atomic mass is 35.5. The third-order valence-electron chi connectivity index (χ3n) is 3.00. The molecule has 0 atom stereocenters. The van der Waals surface area contributed by atoms with Crippen molar-refractivity contribution in [3.8, 4) is 0 Å². The van der Waals surface area contributed by atoms with Gasteiger partial charge in [-0.05, 0) is 11.8 Å². The van der Waals surface area contributed by atoms with Gasteiger partial charge in [0, 0.05) is 26.3 Å². The number of rotatable bonds is 3. The second kappa shape index (κ2) is 4.78. The van der Waals surface area contributed by atoms with E-state index in [0.29, 0.717) is 23.0 Å². The Labute approximate surface area is 107 Å². The van der Waals surface area contributed by atoms with Crippen LogP contribution in [0.3, 0.4) is 0 Å². The van der Waals surface area contributed by atoms with Gasteiger partial charge < -0.3 is 9.64 Å². The molecule has 4 nitrogen and oxygen atoms in total. The Balaban J connectivity index is 2.21. The van der Waals surface area contributed by atoms with Crippen molar-refractivity contribution in [2.45, 2.75) is 26.9 Å². The second-order valence-corrected chi connectivity index (χ2v) is 5.62. The van der Waals surface area contributed by atoms with Gasteiger partial charge in [0.1, 0.15) is 17.6 Å². The smallest absolute Gasteiger partial charge is 0.158 e. The predicted octanol–water partition coefficient (Wildman–Crippen LogP) is 2.51. The minimum absolute atomic E-state index is 0.346. The van der Waals surface area contributed by atoms with Crippen molar-refractivity contribution in [3.05, 3.63) is 17.0 Å². The van der Waals surface area contributed by atoms with Crippen LogP contribution in [0.1, 0.15) is 26.1 Å². The lowest BCUT2D eigenvalue weighted by Gasteiger charge is -2.21. The van der Waals surface area contributed by atoms with Crippen molar-refractivity contribution >= 4 is 17.4 Å². The Hall–Kier alpha value is -0.870. The molecule has 0 unspecified atom stereocenters. The van der Waals surface area contributed by atoms with Gasteiger partial charge in [-0.2, -0.15) is 0 Å². The molecule has 94 valence electrons. The summed E-state index contributed by atoms with van der Waals surface area (Å²) in [6.07, 6.45) is 1.17. The normalized spacial score (nSPS) is 18.7. The maximum absolute atomic E-state index is 6.00. The highest BCUT2D eigenvalue weighted by Gasteiger charge is 2.30. The molecule has 5 heteroatoms. The molecule has 0 amide bonds. The van der Waals surface area contributed by atoms with Gasteiger partial charge >= 0.3 is 0 Å². The largest absolute Gasteiger partial charge is 0.377 e. The lowest BCUT2D eigenvalue weighted by atomic mass is 9.93. The Bertz CT molecular complexity index is 409. The first kappa shape index (κ1) is 12.6. The molecule has 17 heavy (non-hydrogen) atoms. The van der Waals surface area contributed by atoms with Gasteiger partial charge in [0.2, 0.25) is 0 Å². The van der Waals surface area contributed by atoms with Gasteiger partial charge in [0.25, 0.3) is 0 Å². The quantitative estimate of drug-likeness (QED) is 0.778. The first-order valence-corrected chi connectivity index (χ1v) is 6.15. The van der Waals surface area contributed by atoms with E-state index in [4.69, 9.17) is 16.3 Å². The summed E-state index contributed by atoms with van der Waals surface area (Å²) in [5, 5.41) is 0.478. The number of hydrogen-bond donors (Lipinski definition) is 0. The van der Waals surface area contributed by atoms with E-state index in [2.05, 4.69) is 28.7 Å². The minimum atomic E-state index is 0.346. The average Bonchev–Trinajstić information content (AvgIpc) is 2.58. The highest BCUT2D eigenvalue weighted by Crippen LogP contribution is 2.32. The van der Waals surface area contributed by atoms with E-state index in [1.807, 2.05) is 6.07 Å². The number of hydrogen-bond acceptors (Lipinski definition) is 4. The van der Waals surface area contributed by atoms with Crippen LogP contribution < -0.4 is 4.90 Å². The van der Waals surface area contributed by atoms with Crippen molar-refractivity contribution < 1.29 is 4.74 Å². The lowest BCUT2D eigenvalue weighted by Crippen LogP contribution is -2.24. The highest BCUT2D eigenvalue weighted by molar-refractivity contribution is 6.29. The summed E-state index contributed by atoms with van der Waals surface area (Å²) in [5.41, 5.74) is 0.346. The first-order chi connectivity index (χ1) is 8.00. The fourth-order valence-electron chi connectivity index (χ4n) is 2.12. The second-order valence-electron chi connectivity index (χ2n) is 5.23. The number of ether oxygens (including phenoxy) is 1. The zero-order valence-electron chi connectivity index (χ0n) is 10.5. The fraction of sp³-hybridized carbons (Fsp3) is 0.667. The van der Waals surface area contributed by atoms with Gasteiger partial charge in [-0.15, -0.1) is 0 Å². The van der Waals surface area contributed by atoms with Crippen LogP contribution >= 0.6 is 11.6 Å². The summed E-state index contributed by atoms with van der Waals surface area (Å²) in [5.74, 6) is 1.54. The van der Waals surface area contributed by atoms with Crippen LogP contribution in [-0.2, 0) is 11.3 Å². The molecule has 1 saturated heterocycles. The summed E-state index contributed by atoms with van der Waals surface area (Å²) in [6.45, 7) is 6.96. The number of nitrogens with zero attached hydrogens (tertiary/aromatic N) is 3. The molecule has 0 spiro atoms. The maximum Gasteiger partial charge on any atom is 0.158 e. The summed E-state index contributed by atoms with van der Waals surface area (Å²) in [4.78, 5) is 10.9. The average molecular weight is 256 g/mol. The number of aromatic nitrogens is 2. The molecule has 1 aromatic rings. The molecule has 0 N–H and O–H groups in total. The Kier molecular flexibility index (Phi) is 3.54. The van der Waals surface area contributed by atoms with Gasteiger partial charge in [-0.25, -0.2) is 9.97 Å². The van der Waals surface area contributed by atoms with Gasteiger partial charge in [0.05, 0.1) is 0 Å². The zero-order chi connectivity index (χ0) is 12.5. The van der Waals surface area contributed by atoms with Crippen molar-refractivity contribution in [2.75, 3.05) is 25.1 Å². The molecule has 1 fully saturated rings. The molecule has 0 radical (unpaired) electrons. The lowest BCUT2D eigenvalue weighted by molar-refractivity contribution is 0.178. The fourth-order valence-corrected chi connectivity index (χ4v) is 2.31. The van der Waals surface area contributed by atoms with E-state index in [0.717, 1.165) is 18.9 Å². The molecule has 0 aliphatic carbocycles. The predicted molar refractivity (Wildman–Crippen MR) is 68.4 cm³/mol. The van der Waals surface area contributed by atoms with E-state index in [-0.39, 0.29) is 0 Å². The van der Waals surface area contributed by atoms with E-state index in [1.165, 1.54) is 6.42 Å². The third kappa shape index (κ3) is 3.07. The number of anilines is 1. The van der Waals surface area contributed by atoms with Gasteiger partial charge in [0.15, 0.2) is 5.82 Å². The van der Waals surface area contributed by atoms with Crippen LogP contribution in [0.2, 0.25) is 5.15 Å². The SMILES string of the molecule is COCc1nc(Cl)cc(N2CCC(C)(C)C2)n1. The topological polar surface area (TPSA) is 38.2 Å². The Morgan fingerprint density at radius 2 is 2.24 bits per heavy atom. The summed E-state index contributed by atoms with van der Waals surface area (Å²) in [6, 6.07) is 1.82. The molecule has 1 aliphatic rings. The molecule has 0 saturated carbocycles. The van der Waals surface area contributed by atoms with E-state index >= 15 is 0 Å². The van der Waals surface area contributed by atoms with E-state index in [9.17, 15) is 0 Å². The number of halogens is 1. The number of methoxy groups -OCH3 is 1. The molecule has 2 heterocycles. The summed E-state index contributed by atoms with van der Waals surface area (Å²) < 4.78 is 5.04. The van der Waals surface area contributed by atoms with Crippen molar-refractivity contribution in [1.29, 1.82) is 0 Å². The standard InChI is InChI=1S/C12H18ClN3O/c1-12(2)4-5-16(8-12)11-6-9(13)14-10(15-11)7-17-3/h6H,4-5,7-8H2,1-3H3. The molecule has 0 bridgehead atoms. The van der Waals surface area contributed by atoms with Gasteiger partial charge in [-0.3, -0.25) is 0 Å². The van der Waals surface area contributed by atoms with Crippen LogP contribution in [0, 0.1) is 5.41 Å². The third-order valence-corrected chi connectivity index (χ3v) is 3.20. The van der Waals surface area contributed by atoms with Crippen molar-refractivity contribution in [1.82, 2.24) is 9.97 Å². The van der Waals surface area contributed by atoms with Crippen molar-refractivity contribution in [2.24, 2.45) is 5.41 Å². The van der Waals surface area contributed by atoms with Crippen LogP contribution in [0.25, 0.3) is 0 Å². The van der Waals surface area contributed by atoms with E-state index < -0.39 is 0 Å². The molecule has 2 rings (SSSR count). The molecular formula is C12H18ClN3O. The van der Waals surface area contributed by atoms with Crippen LogP contribution in [0.4, 0.5) is 5.82 Å². The van der Waals surface area contributed by atoms with Crippen LogP contribution in [0.15, 0.2) is 6.07 Å². The monoisotopic (exact) mass is 255 g/mol. The molecular weight excluding hydrogens is 238 g/mol. The summed E-state index contributed by atoms with van der Waals surface area (Å²) >= 11 is 6.00. The van der Waals surface area contributed by atoms with E-state index in [1.54, 1.807) is 7.11 Å². The zero-order valence-corrected chi connectivity index (χ0v) is 11.3. The Morgan fingerprint density at radius 3 is 2.82 bits per heavy atom. The van der Waals surface area contributed by atoms with Crippen LogP contribution in [0.5, 0.6) is 0 Å².